The zero-order valence-electron chi connectivity index (χ0n) is 9.01. The zero-order valence-corrected chi connectivity index (χ0v) is 9.01. The van der Waals surface area contributed by atoms with Gasteiger partial charge in [-0.2, -0.15) is 0 Å². The van der Waals surface area contributed by atoms with Crippen molar-refractivity contribution in [3.05, 3.63) is 0 Å². The van der Waals surface area contributed by atoms with Crippen molar-refractivity contribution in [1.29, 1.82) is 0 Å². The second kappa shape index (κ2) is 4.75. The van der Waals surface area contributed by atoms with Crippen LogP contribution in [0.2, 0.25) is 0 Å². The first-order chi connectivity index (χ1) is 6.59. The van der Waals surface area contributed by atoms with Gasteiger partial charge >= 0.3 is 0 Å². The third-order valence-electron chi connectivity index (χ3n) is 2.91. The van der Waals surface area contributed by atoms with E-state index in [1.54, 1.807) is 7.11 Å². The molecule has 14 heavy (non-hydrogen) atoms. The van der Waals surface area contributed by atoms with Crippen LogP contribution in [0.15, 0.2) is 0 Å². The number of hydrogen-bond donors (Lipinski definition) is 2. The number of amides is 1. The number of carbonyl (C=O) groups excluding carboxylic acids is 1. The van der Waals surface area contributed by atoms with Crippen molar-refractivity contribution >= 4 is 5.91 Å². The van der Waals surface area contributed by atoms with Crippen molar-refractivity contribution < 1.29 is 9.53 Å². The van der Waals surface area contributed by atoms with E-state index >= 15 is 0 Å². The second-order valence-electron chi connectivity index (χ2n) is 4.26. The highest BCUT2D eigenvalue weighted by atomic mass is 16.5. The van der Waals surface area contributed by atoms with Crippen LogP contribution in [-0.4, -0.2) is 31.2 Å². The molecule has 4 nitrogen and oxygen atoms in total. The molecule has 0 radical (unpaired) electrons. The van der Waals surface area contributed by atoms with Gasteiger partial charge in [0.2, 0.25) is 5.91 Å². The molecule has 0 spiro atoms. The Kier molecular flexibility index (Phi) is 3.89. The summed E-state index contributed by atoms with van der Waals surface area (Å²) in [5, 5.41) is 3.02. The number of nitrogens with one attached hydrogen (secondary N) is 1. The number of hydrogen-bond acceptors (Lipinski definition) is 3. The maximum Gasteiger partial charge on any atom is 0.223 e. The number of nitrogens with two attached hydrogens (primary N) is 1. The van der Waals surface area contributed by atoms with Crippen molar-refractivity contribution in [3.8, 4) is 0 Å². The topological polar surface area (TPSA) is 64.3 Å². The van der Waals surface area contributed by atoms with Gasteiger partial charge in [-0.05, 0) is 26.2 Å². The monoisotopic (exact) mass is 200 g/mol. The first-order valence-electron chi connectivity index (χ1n) is 5.13. The molecule has 1 rings (SSSR count). The second-order valence-corrected chi connectivity index (χ2v) is 4.26. The quantitative estimate of drug-likeness (QED) is 0.675. The lowest BCUT2D eigenvalue weighted by Crippen LogP contribution is -2.51. The van der Waals surface area contributed by atoms with Crippen LogP contribution in [0.1, 0.15) is 32.6 Å². The highest BCUT2D eigenvalue weighted by molar-refractivity contribution is 5.77. The summed E-state index contributed by atoms with van der Waals surface area (Å²) in [6.07, 6.45) is 3.58. The van der Waals surface area contributed by atoms with Gasteiger partial charge in [-0.25, -0.2) is 0 Å². The minimum Gasteiger partial charge on any atom is -0.380 e. The fraction of sp³-hybridized carbons (Fsp3) is 0.900. The minimum atomic E-state index is -0.154. The van der Waals surface area contributed by atoms with E-state index in [9.17, 15) is 4.79 Å². The molecule has 3 N–H and O–H groups in total. The standard InChI is InChI=1S/C10H20N2O2/c1-10(4-3-5-10)12-9(13)6-8(7-11)14-2/h8H,3-7,11H2,1-2H3,(H,12,13). The summed E-state index contributed by atoms with van der Waals surface area (Å²) in [5.74, 6) is 0.0458. The molecule has 4 heteroatoms. The minimum absolute atomic E-state index is 0.0317. The summed E-state index contributed by atoms with van der Waals surface area (Å²) in [7, 11) is 1.58. The van der Waals surface area contributed by atoms with Gasteiger partial charge in [0.15, 0.2) is 0 Å². The van der Waals surface area contributed by atoms with E-state index in [0.29, 0.717) is 13.0 Å². The molecule has 0 aromatic carbocycles. The van der Waals surface area contributed by atoms with E-state index in [0.717, 1.165) is 12.8 Å². The normalized spacial score (nSPS) is 21.1. The molecule has 0 bridgehead atoms. The Morgan fingerprint density at radius 1 is 1.64 bits per heavy atom. The largest absolute Gasteiger partial charge is 0.380 e. The van der Waals surface area contributed by atoms with Gasteiger partial charge in [0, 0.05) is 19.2 Å². The van der Waals surface area contributed by atoms with Gasteiger partial charge in [0.05, 0.1) is 12.5 Å². The van der Waals surface area contributed by atoms with Crippen LogP contribution in [0.5, 0.6) is 0 Å². The van der Waals surface area contributed by atoms with Gasteiger partial charge in [0.25, 0.3) is 0 Å². The van der Waals surface area contributed by atoms with Crippen LogP contribution in [0.25, 0.3) is 0 Å². The maximum atomic E-state index is 11.5. The van der Waals surface area contributed by atoms with E-state index in [1.807, 2.05) is 0 Å². The summed E-state index contributed by atoms with van der Waals surface area (Å²) in [6.45, 7) is 2.47. The fourth-order valence-electron chi connectivity index (χ4n) is 1.69. The van der Waals surface area contributed by atoms with E-state index in [1.165, 1.54) is 6.42 Å². The predicted molar refractivity (Wildman–Crippen MR) is 54.9 cm³/mol. The third-order valence-corrected chi connectivity index (χ3v) is 2.91. The maximum absolute atomic E-state index is 11.5. The summed E-state index contributed by atoms with van der Waals surface area (Å²) >= 11 is 0. The summed E-state index contributed by atoms with van der Waals surface area (Å²) in [6, 6.07) is 0. The molecule has 0 aromatic heterocycles. The Hall–Kier alpha value is -0.610. The lowest BCUT2D eigenvalue weighted by Gasteiger charge is -2.39. The Labute approximate surface area is 85.2 Å². The van der Waals surface area contributed by atoms with Crippen LogP contribution in [0, 0.1) is 0 Å². The molecule has 1 aliphatic rings. The van der Waals surface area contributed by atoms with Crippen LogP contribution in [0.4, 0.5) is 0 Å². The lowest BCUT2D eigenvalue weighted by molar-refractivity contribution is -0.126. The lowest BCUT2D eigenvalue weighted by atomic mass is 9.78. The predicted octanol–water partition coefficient (Wildman–Crippen LogP) is 0.409. The Bertz CT molecular complexity index is 198. The molecule has 1 amide bonds. The van der Waals surface area contributed by atoms with Gasteiger partial charge in [-0.15, -0.1) is 0 Å². The number of ether oxygens (including phenoxy) is 1. The Morgan fingerprint density at radius 3 is 2.64 bits per heavy atom. The summed E-state index contributed by atoms with van der Waals surface area (Å²) in [4.78, 5) is 11.5. The van der Waals surface area contributed by atoms with Crippen LogP contribution >= 0.6 is 0 Å². The van der Waals surface area contributed by atoms with Crippen molar-refractivity contribution in [1.82, 2.24) is 5.32 Å². The molecular weight excluding hydrogens is 180 g/mol. The first-order valence-corrected chi connectivity index (χ1v) is 5.13. The molecule has 0 aliphatic heterocycles. The van der Waals surface area contributed by atoms with Gasteiger partial charge in [0.1, 0.15) is 0 Å². The Morgan fingerprint density at radius 2 is 2.29 bits per heavy atom. The molecule has 1 aliphatic carbocycles. The molecule has 0 saturated heterocycles. The van der Waals surface area contributed by atoms with Crippen molar-refractivity contribution in [3.63, 3.8) is 0 Å². The molecule has 1 fully saturated rings. The first kappa shape index (κ1) is 11.5. The van der Waals surface area contributed by atoms with E-state index in [-0.39, 0.29) is 17.6 Å². The van der Waals surface area contributed by atoms with Gasteiger partial charge in [-0.3, -0.25) is 4.79 Å². The third kappa shape index (κ3) is 2.96. The highest BCUT2D eigenvalue weighted by Gasteiger charge is 2.33. The smallest absolute Gasteiger partial charge is 0.223 e. The molecule has 1 unspecified atom stereocenters. The summed E-state index contributed by atoms with van der Waals surface area (Å²) in [5.41, 5.74) is 5.47. The molecule has 1 saturated carbocycles. The SMILES string of the molecule is COC(CN)CC(=O)NC1(C)CCC1. The average molecular weight is 200 g/mol. The van der Waals surface area contributed by atoms with Crippen molar-refractivity contribution in [2.75, 3.05) is 13.7 Å². The number of rotatable bonds is 5. The van der Waals surface area contributed by atoms with E-state index in [2.05, 4.69) is 12.2 Å². The van der Waals surface area contributed by atoms with Gasteiger partial charge in [-0.1, -0.05) is 0 Å². The number of carbonyl (C=O) groups is 1. The fourth-order valence-corrected chi connectivity index (χ4v) is 1.69. The van der Waals surface area contributed by atoms with Crippen molar-refractivity contribution in [2.24, 2.45) is 5.73 Å². The molecule has 0 aromatic rings. The van der Waals surface area contributed by atoms with Crippen LogP contribution < -0.4 is 11.1 Å². The van der Waals surface area contributed by atoms with Crippen LogP contribution in [0.3, 0.4) is 0 Å². The zero-order chi connectivity index (χ0) is 10.6. The highest BCUT2D eigenvalue weighted by Crippen LogP contribution is 2.30. The van der Waals surface area contributed by atoms with Gasteiger partial charge < -0.3 is 15.8 Å². The Balaban J connectivity index is 2.27. The van der Waals surface area contributed by atoms with E-state index < -0.39 is 0 Å². The average Bonchev–Trinajstić information content (AvgIpc) is 2.11. The molecule has 82 valence electrons. The molecule has 0 heterocycles. The van der Waals surface area contributed by atoms with Crippen LogP contribution in [-0.2, 0) is 9.53 Å². The summed E-state index contributed by atoms with van der Waals surface area (Å²) < 4.78 is 5.05. The number of methoxy groups -OCH3 is 1. The molecule has 1 atom stereocenters. The van der Waals surface area contributed by atoms with E-state index in [4.69, 9.17) is 10.5 Å². The molecular formula is C10H20N2O2. The van der Waals surface area contributed by atoms with Crippen molar-refractivity contribution in [2.45, 2.75) is 44.2 Å².